The van der Waals surface area contributed by atoms with Crippen LogP contribution in [-0.4, -0.2) is 55.1 Å². The van der Waals surface area contributed by atoms with E-state index in [1.54, 1.807) is 0 Å². The van der Waals surface area contributed by atoms with Gasteiger partial charge in [0.25, 0.3) is 0 Å². The molecule has 1 unspecified atom stereocenters. The van der Waals surface area contributed by atoms with Crippen LogP contribution in [-0.2, 0) is 20.4 Å². The molecule has 0 aromatic heterocycles. The van der Waals surface area contributed by atoms with Gasteiger partial charge in [0.1, 0.15) is 5.88 Å². The Bertz CT molecular complexity index is 291. The maximum atomic E-state index is 11.1. The van der Waals surface area contributed by atoms with Crippen molar-refractivity contribution in [2.45, 2.75) is 0 Å². The summed E-state index contributed by atoms with van der Waals surface area (Å²) in [5.74, 6) is -0.859. The van der Waals surface area contributed by atoms with Crippen molar-refractivity contribution in [3.8, 4) is 0 Å². The summed E-state index contributed by atoms with van der Waals surface area (Å²) in [5, 5.41) is 2.24. The zero-order chi connectivity index (χ0) is 12.1. The Morgan fingerprint density at radius 2 is 2.07 bits per heavy atom. The molecular weight excluding hydrogens is 247 g/mol. The Hall–Kier alpha value is -0.310. The quantitative estimate of drug-likeness (QED) is 0.333. The van der Waals surface area contributed by atoms with Gasteiger partial charge < -0.3 is 19.2 Å². The normalized spacial score (nSPS) is 13.6. The van der Waals surface area contributed by atoms with Crippen LogP contribution < -0.4 is 5.32 Å². The predicted molar refractivity (Wildman–Crippen MR) is 53.3 cm³/mol. The van der Waals surface area contributed by atoms with E-state index in [0.29, 0.717) is 0 Å². The highest BCUT2D eigenvalue weighted by Crippen LogP contribution is 2.31. The predicted octanol–water partition coefficient (Wildman–Crippen LogP) is -1.65. The highest BCUT2D eigenvalue weighted by molar-refractivity contribution is 7.79. The van der Waals surface area contributed by atoms with Gasteiger partial charge in [-0.25, -0.2) is 4.21 Å². The van der Waals surface area contributed by atoms with Gasteiger partial charge in [-0.2, -0.15) is 0 Å². The van der Waals surface area contributed by atoms with Gasteiger partial charge in [0.15, 0.2) is 11.1 Å². The molecule has 0 fully saturated rings. The molecule has 0 heterocycles. The van der Waals surface area contributed by atoms with Crippen LogP contribution in [0, 0.1) is 0 Å². The molecule has 15 heavy (non-hydrogen) atoms. The molecule has 0 rings (SSSR count). The third-order valence-corrected chi connectivity index (χ3v) is 2.57. The van der Waals surface area contributed by atoms with Crippen LogP contribution >= 0.6 is 7.60 Å². The van der Waals surface area contributed by atoms with Gasteiger partial charge in [-0.3, -0.25) is 14.7 Å². The van der Waals surface area contributed by atoms with E-state index in [1.807, 2.05) is 0 Å². The topological polar surface area (TPSA) is 127 Å². The molecule has 0 bridgehead atoms. The number of likely N-dealkylation sites (N-methyl/N-ethyl adjacent to an activating group) is 1. The second-order valence-corrected chi connectivity index (χ2v) is 5.34. The minimum absolute atomic E-state index is 0.293. The van der Waals surface area contributed by atoms with Gasteiger partial charge in [-0.1, -0.05) is 0 Å². The second kappa shape index (κ2) is 6.31. The fourth-order valence-corrected chi connectivity index (χ4v) is 1.56. The Morgan fingerprint density at radius 3 is 2.47 bits per heavy atom. The lowest BCUT2D eigenvalue weighted by atomic mass is 10.5. The smallest absolute Gasteiger partial charge is 0.330 e. The van der Waals surface area contributed by atoms with E-state index in [4.69, 9.17) is 14.3 Å². The van der Waals surface area contributed by atoms with E-state index in [9.17, 15) is 13.6 Å². The first-order chi connectivity index (χ1) is 6.72. The van der Waals surface area contributed by atoms with Crippen LogP contribution in [0.2, 0.25) is 0 Å². The van der Waals surface area contributed by atoms with Crippen molar-refractivity contribution in [3.05, 3.63) is 0 Å². The lowest BCUT2D eigenvalue weighted by molar-refractivity contribution is -0.128. The Balaban J connectivity index is 3.84. The first kappa shape index (κ1) is 14.7. The van der Waals surface area contributed by atoms with Gasteiger partial charge in [0, 0.05) is 7.05 Å². The molecule has 0 aliphatic rings. The van der Waals surface area contributed by atoms with E-state index in [-0.39, 0.29) is 12.4 Å². The van der Waals surface area contributed by atoms with Crippen LogP contribution in [0.25, 0.3) is 0 Å². The number of hydrogen-bond acceptors (Lipinski definition) is 4. The van der Waals surface area contributed by atoms with Gasteiger partial charge >= 0.3 is 7.60 Å². The highest BCUT2D eigenvalue weighted by atomic mass is 32.2. The van der Waals surface area contributed by atoms with Crippen molar-refractivity contribution < 1.29 is 27.9 Å². The zero-order valence-corrected chi connectivity index (χ0v) is 9.70. The average Bonchev–Trinajstić information content (AvgIpc) is 2.00. The van der Waals surface area contributed by atoms with Crippen molar-refractivity contribution >= 4 is 24.6 Å². The molecule has 4 N–H and O–H groups in total. The molecule has 0 spiro atoms. The molecule has 90 valence electrons. The van der Waals surface area contributed by atoms with E-state index in [0.717, 1.165) is 4.90 Å². The number of hydrogen-bond donors (Lipinski definition) is 4. The first-order valence-corrected chi connectivity index (χ1v) is 6.86. The summed E-state index contributed by atoms with van der Waals surface area (Å²) in [7, 11) is -2.86. The van der Waals surface area contributed by atoms with Crippen molar-refractivity contribution in [2.75, 3.05) is 25.8 Å². The molecular formula is C5H13N2O6PS. The van der Waals surface area contributed by atoms with Crippen LogP contribution in [0.3, 0.4) is 0 Å². The van der Waals surface area contributed by atoms with Crippen LogP contribution in [0.4, 0.5) is 0 Å². The molecule has 0 saturated heterocycles. The SMILES string of the molecule is CN(CS(=O)O)C(=O)CNCP(=O)(O)O. The number of carbonyl (C=O) groups excluding carboxylic acids is 1. The molecule has 1 amide bonds. The summed E-state index contributed by atoms with van der Waals surface area (Å²) in [4.78, 5) is 29.0. The number of amides is 1. The summed E-state index contributed by atoms with van der Waals surface area (Å²) in [6.45, 7) is -0.293. The summed E-state index contributed by atoms with van der Waals surface area (Å²) in [6, 6.07) is 0. The van der Waals surface area contributed by atoms with E-state index < -0.39 is 30.9 Å². The molecule has 0 aromatic carbocycles. The van der Waals surface area contributed by atoms with Gasteiger partial charge in [-0.15, -0.1) is 0 Å². The van der Waals surface area contributed by atoms with E-state index in [2.05, 4.69) is 5.32 Å². The highest BCUT2D eigenvalue weighted by Gasteiger charge is 2.15. The van der Waals surface area contributed by atoms with Crippen LogP contribution in [0.1, 0.15) is 0 Å². The van der Waals surface area contributed by atoms with Crippen molar-refractivity contribution in [3.63, 3.8) is 0 Å². The number of nitrogens with zero attached hydrogens (tertiary/aromatic N) is 1. The second-order valence-electron chi connectivity index (χ2n) is 2.79. The van der Waals surface area contributed by atoms with Crippen LogP contribution in [0.15, 0.2) is 0 Å². The molecule has 8 nitrogen and oxygen atoms in total. The van der Waals surface area contributed by atoms with E-state index >= 15 is 0 Å². The third-order valence-electron chi connectivity index (χ3n) is 1.32. The molecule has 0 aliphatic carbocycles. The Labute approximate surface area is 89.1 Å². The summed E-state index contributed by atoms with van der Waals surface area (Å²) < 4.78 is 29.2. The van der Waals surface area contributed by atoms with Gasteiger partial charge in [0.05, 0.1) is 12.8 Å². The molecule has 10 heteroatoms. The van der Waals surface area contributed by atoms with Crippen molar-refractivity contribution in [2.24, 2.45) is 0 Å². The zero-order valence-electron chi connectivity index (χ0n) is 7.99. The third kappa shape index (κ3) is 8.67. The fraction of sp³-hybridized carbons (Fsp3) is 0.800. The molecule has 0 aliphatic heterocycles. The Kier molecular flexibility index (Phi) is 6.18. The average molecular weight is 260 g/mol. The van der Waals surface area contributed by atoms with Crippen LogP contribution in [0.5, 0.6) is 0 Å². The minimum atomic E-state index is -4.17. The largest absolute Gasteiger partial charge is 0.339 e. The molecule has 1 atom stereocenters. The molecule has 0 radical (unpaired) electrons. The number of nitrogens with one attached hydrogen (secondary N) is 1. The van der Waals surface area contributed by atoms with Gasteiger partial charge in [0.2, 0.25) is 5.91 Å². The maximum Gasteiger partial charge on any atom is 0.339 e. The summed E-state index contributed by atoms with van der Waals surface area (Å²) in [6.07, 6.45) is -0.602. The summed E-state index contributed by atoms with van der Waals surface area (Å²) in [5.41, 5.74) is 0. The Morgan fingerprint density at radius 1 is 1.53 bits per heavy atom. The lowest BCUT2D eigenvalue weighted by Gasteiger charge is -2.15. The first-order valence-electron chi connectivity index (χ1n) is 3.79. The number of carbonyl (C=O) groups is 1. The molecule has 0 saturated carbocycles. The van der Waals surface area contributed by atoms with Gasteiger partial charge in [-0.05, 0) is 0 Å². The number of rotatable bonds is 6. The standard InChI is InChI=1S/C5H13N2O6PS/c1-7(4-15(12)13)5(8)2-6-3-14(9,10)11/h6H,2-4H2,1H3,(H,12,13)(H2,9,10,11). The maximum absolute atomic E-state index is 11.1. The fourth-order valence-electron chi connectivity index (χ4n) is 0.681. The summed E-state index contributed by atoms with van der Waals surface area (Å²) >= 11 is -2.12. The molecule has 0 aromatic rings. The van der Waals surface area contributed by atoms with Crippen molar-refractivity contribution in [1.82, 2.24) is 10.2 Å². The minimum Gasteiger partial charge on any atom is -0.330 e. The monoisotopic (exact) mass is 260 g/mol. The van der Waals surface area contributed by atoms with Crippen molar-refractivity contribution in [1.29, 1.82) is 0 Å². The lowest BCUT2D eigenvalue weighted by Crippen LogP contribution is -2.37. The van der Waals surface area contributed by atoms with E-state index in [1.165, 1.54) is 7.05 Å².